The van der Waals surface area contributed by atoms with Crippen molar-refractivity contribution < 1.29 is 22.7 Å². The molecule has 0 aromatic carbocycles. The van der Waals surface area contributed by atoms with Crippen LogP contribution in [0.2, 0.25) is 0 Å². The fourth-order valence-corrected chi connectivity index (χ4v) is 3.01. The smallest absolute Gasteiger partial charge is 0.434 e. The Balaban J connectivity index is 2.04. The molecule has 134 valence electrons. The number of ether oxygens (including phenoxy) is 1. The van der Waals surface area contributed by atoms with Crippen LogP contribution in [-0.2, 0) is 10.9 Å². The van der Waals surface area contributed by atoms with E-state index < -0.39 is 17.5 Å². The number of carbonyl (C=O) groups is 1. The number of hydrogen-bond donors (Lipinski definition) is 0. The van der Waals surface area contributed by atoms with E-state index in [0.717, 1.165) is 0 Å². The number of nitrogens with zero attached hydrogens (tertiary/aromatic N) is 2. The van der Waals surface area contributed by atoms with Crippen LogP contribution in [0.3, 0.4) is 0 Å². The molecule has 8 heteroatoms. The molecule has 1 amide bonds. The lowest BCUT2D eigenvalue weighted by Crippen LogP contribution is -2.41. The van der Waals surface area contributed by atoms with Gasteiger partial charge in [0.05, 0.1) is 0 Å². The first-order valence-electron chi connectivity index (χ1n) is 7.69. The van der Waals surface area contributed by atoms with E-state index in [-0.39, 0.29) is 16.5 Å². The van der Waals surface area contributed by atoms with E-state index in [1.807, 2.05) is 0 Å². The second-order valence-electron chi connectivity index (χ2n) is 6.81. The fourth-order valence-electron chi connectivity index (χ4n) is 2.57. The van der Waals surface area contributed by atoms with Crippen molar-refractivity contribution in [3.63, 3.8) is 0 Å². The standard InChI is InChI=1S/C16H20BrF3N2O2/c1-15(2,3)24-14(23)22-8-6-10(7-9-22)12-5-4-11(17)13(21-12)16(18,19)20/h4-5,10H,6-9H2,1-3H3. The van der Waals surface area contributed by atoms with Gasteiger partial charge >= 0.3 is 12.3 Å². The van der Waals surface area contributed by atoms with Crippen molar-refractivity contribution in [2.24, 2.45) is 0 Å². The molecule has 0 N–H and O–H groups in total. The molecule has 0 unspecified atom stereocenters. The van der Waals surface area contributed by atoms with Crippen molar-refractivity contribution in [3.8, 4) is 0 Å². The summed E-state index contributed by atoms with van der Waals surface area (Å²) < 4.78 is 44.1. The van der Waals surface area contributed by atoms with Gasteiger partial charge in [0.1, 0.15) is 5.60 Å². The molecule has 2 rings (SSSR count). The highest BCUT2D eigenvalue weighted by molar-refractivity contribution is 9.10. The second-order valence-corrected chi connectivity index (χ2v) is 7.66. The van der Waals surface area contributed by atoms with Gasteiger partial charge in [0.2, 0.25) is 0 Å². The summed E-state index contributed by atoms with van der Waals surface area (Å²) in [5.74, 6) is -0.0992. The molecule has 0 aliphatic carbocycles. The number of piperidine rings is 1. The third-order valence-corrected chi connectivity index (χ3v) is 4.34. The highest BCUT2D eigenvalue weighted by Crippen LogP contribution is 2.36. The van der Waals surface area contributed by atoms with Gasteiger partial charge < -0.3 is 9.64 Å². The lowest BCUT2D eigenvalue weighted by molar-refractivity contribution is -0.141. The quantitative estimate of drug-likeness (QED) is 0.657. The van der Waals surface area contributed by atoms with Crippen molar-refractivity contribution in [1.29, 1.82) is 0 Å². The summed E-state index contributed by atoms with van der Waals surface area (Å²) in [6.45, 7) is 6.27. The molecule has 1 fully saturated rings. The zero-order valence-electron chi connectivity index (χ0n) is 13.8. The number of rotatable bonds is 1. The summed E-state index contributed by atoms with van der Waals surface area (Å²) in [7, 11) is 0. The number of alkyl halides is 3. The Morgan fingerprint density at radius 3 is 2.33 bits per heavy atom. The van der Waals surface area contributed by atoms with Crippen LogP contribution >= 0.6 is 15.9 Å². The number of carbonyl (C=O) groups excluding carboxylic acids is 1. The van der Waals surface area contributed by atoms with E-state index in [1.54, 1.807) is 31.7 Å². The maximum atomic E-state index is 13.0. The van der Waals surface area contributed by atoms with Crippen LogP contribution in [-0.4, -0.2) is 34.7 Å². The van der Waals surface area contributed by atoms with E-state index in [2.05, 4.69) is 20.9 Å². The van der Waals surface area contributed by atoms with Crippen LogP contribution in [0.15, 0.2) is 16.6 Å². The first-order chi connectivity index (χ1) is 11.0. The molecule has 1 aliphatic heterocycles. The Labute approximate surface area is 147 Å². The predicted octanol–water partition coefficient (Wildman–Crippen LogP) is 4.98. The summed E-state index contributed by atoms with van der Waals surface area (Å²) >= 11 is 2.89. The van der Waals surface area contributed by atoms with Gasteiger partial charge in [-0.15, -0.1) is 0 Å². The Morgan fingerprint density at radius 2 is 1.83 bits per heavy atom. The summed E-state index contributed by atoms with van der Waals surface area (Å²) in [6, 6.07) is 2.98. The lowest BCUT2D eigenvalue weighted by Gasteiger charge is -2.33. The van der Waals surface area contributed by atoms with E-state index in [9.17, 15) is 18.0 Å². The largest absolute Gasteiger partial charge is 0.444 e. The van der Waals surface area contributed by atoms with Gasteiger partial charge in [-0.3, -0.25) is 0 Å². The topological polar surface area (TPSA) is 42.4 Å². The van der Waals surface area contributed by atoms with Gasteiger partial charge in [-0.2, -0.15) is 13.2 Å². The van der Waals surface area contributed by atoms with Gasteiger partial charge in [-0.1, -0.05) is 0 Å². The third kappa shape index (κ3) is 4.84. The summed E-state index contributed by atoms with van der Waals surface area (Å²) in [5, 5.41) is 0. The highest BCUT2D eigenvalue weighted by atomic mass is 79.9. The molecule has 0 radical (unpaired) electrons. The number of likely N-dealkylation sites (tertiary alicyclic amines) is 1. The Hall–Kier alpha value is -1.31. The number of hydrogen-bond acceptors (Lipinski definition) is 3. The van der Waals surface area contributed by atoms with Crippen LogP contribution < -0.4 is 0 Å². The molecule has 0 saturated carbocycles. The van der Waals surface area contributed by atoms with E-state index in [1.165, 1.54) is 6.07 Å². The molecular weight excluding hydrogens is 389 g/mol. The Kier molecular flexibility index (Phi) is 5.47. The van der Waals surface area contributed by atoms with Gasteiger partial charge in [-0.05, 0) is 61.7 Å². The average Bonchev–Trinajstić information content (AvgIpc) is 2.45. The van der Waals surface area contributed by atoms with Crippen LogP contribution in [0.5, 0.6) is 0 Å². The second kappa shape index (κ2) is 6.90. The fraction of sp³-hybridized carbons (Fsp3) is 0.625. The zero-order chi connectivity index (χ0) is 18.1. The molecule has 1 aromatic heterocycles. The summed E-state index contributed by atoms with van der Waals surface area (Å²) in [5.41, 5.74) is -1.06. The van der Waals surface area contributed by atoms with Gasteiger partial charge in [0.25, 0.3) is 0 Å². The van der Waals surface area contributed by atoms with E-state index in [4.69, 9.17) is 4.74 Å². The molecule has 24 heavy (non-hydrogen) atoms. The summed E-state index contributed by atoms with van der Waals surface area (Å²) in [6.07, 6.45) is -3.76. The molecule has 0 atom stereocenters. The maximum absolute atomic E-state index is 13.0. The van der Waals surface area contributed by atoms with E-state index in [0.29, 0.717) is 31.6 Å². The zero-order valence-corrected chi connectivity index (χ0v) is 15.4. The van der Waals surface area contributed by atoms with Gasteiger partial charge in [-0.25, -0.2) is 9.78 Å². The molecule has 0 bridgehead atoms. The van der Waals surface area contributed by atoms with Crippen molar-refractivity contribution in [3.05, 3.63) is 28.0 Å². The van der Waals surface area contributed by atoms with Crippen molar-refractivity contribution in [2.45, 2.75) is 51.3 Å². The molecule has 1 aliphatic rings. The first-order valence-corrected chi connectivity index (χ1v) is 8.48. The first kappa shape index (κ1) is 19.0. The third-order valence-electron chi connectivity index (χ3n) is 3.70. The highest BCUT2D eigenvalue weighted by Gasteiger charge is 2.36. The minimum Gasteiger partial charge on any atom is -0.444 e. The number of aromatic nitrogens is 1. The minimum absolute atomic E-state index is 0.0649. The molecule has 1 saturated heterocycles. The van der Waals surface area contributed by atoms with Crippen LogP contribution in [0, 0.1) is 0 Å². The Bertz CT molecular complexity index is 606. The summed E-state index contributed by atoms with van der Waals surface area (Å²) in [4.78, 5) is 17.4. The SMILES string of the molecule is CC(C)(C)OC(=O)N1CCC(c2ccc(Br)c(C(F)(F)F)n2)CC1. The van der Waals surface area contributed by atoms with Gasteiger partial charge in [0.15, 0.2) is 5.69 Å². The lowest BCUT2D eigenvalue weighted by atomic mass is 9.93. The Morgan fingerprint density at radius 1 is 1.25 bits per heavy atom. The predicted molar refractivity (Wildman–Crippen MR) is 86.7 cm³/mol. The maximum Gasteiger partial charge on any atom is 0.434 e. The van der Waals surface area contributed by atoms with Crippen LogP contribution in [0.1, 0.15) is 50.9 Å². The van der Waals surface area contributed by atoms with Crippen LogP contribution in [0.25, 0.3) is 0 Å². The average molecular weight is 409 g/mol. The minimum atomic E-state index is -4.49. The molecular formula is C16H20BrF3N2O2. The van der Waals surface area contributed by atoms with E-state index >= 15 is 0 Å². The van der Waals surface area contributed by atoms with Crippen LogP contribution in [0.4, 0.5) is 18.0 Å². The molecule has 2 heterocycles. The number of halogens is 4. The number of amides is 1. The number of pyridine rings is 1. The van der Waals surface area contributed by atoms with Crippen molar-refractivity contribution >= 4 is 22.0 Å². The van der Waals surface area contributed by atoms with Crippen molar-refractivity contribution in [2.75, 3.05) is 13.1 Å². The van der Waals surface area contributed by atoms with Crippen molar-refractivity contribution in [1.82, 2.24) is 9.88 Å². The van der Waals surface area contributed by atoms with Gasteiger partial charge in [0, 0.05) is 29.2 Å². The normalized spacial score (nSPS) is 17.0. The monoisotopic (exact) mass is 408 g/mol. The molecule has 4 nitrogen and oxygen atoms in total. The molecule has 0 spiro atoms. The molecule has 1 aromatic rings.